The number of primary amides is 1. The molecule has 0 aromatic carbocycles. The highest BCUT2D eigenvalue weighted by molar-refractivity contribution is 5.95. The smallest absolute Gasteiger partial charge is 0.272 e. The van der Waals surface area contributed by atoms with Crippen LogP contribution in [-0.4, -0.2) is 34.7 Å². The number of allylic oxidation sites excluding steroid dienone is 3. The van der Waals surface area contributed by atoms with Gasteiger partial charge in [-0.25, -0.2) is 9.48 Å². The highest BCUT2D eigenvalue weighted by atomic mass is 16.1. The maximum absolute atomic E-state index is 11.7. The molecular formula is C17H21N4O+. The SMILES string of the molecule is NC(=O)C1=C[N+]2(C3C4CCC(CC4)[C@@]34CN4)C=CC=C2C=N1. The molecule has 6 aliphatic rings. The lowest BCUT2D eigenvalue weighted by Crippen LogP contribution is -2.65. The van der Waals surface area contributed by atoms with Crippen LogP contribution in [0, 0.1) is 11.8 Å². The molecule has 1 saturated heterocycles. The van der Waals surface area contributed by atoms with Crippen LogP contribution in [0.5, 0.6) is 0 Å². The number of nitrogens with zero attached hydrogens (tertiary/aromatic N) is 2. The molecule has 22 heavy (non-hydrogen) atoms. The van der Waals surface area contributed by atoms with E-state index in [1.807, 2.05) is 12.4 Å². The molecule has 4 fully saturated rings. The van der Waals surface area contributed by atoms with Gasteiger partial charge in [0.2, 0.25) is 0 Å². The lowest BCUT2D eigenvalue weighted by Gasteiger charge is -2.54. The average Bonchev–Trinajstić information content (AvgIpc) is 3.16. The van der Waals surface area contributed by atoms with Gasteiger partial charge >= 0.3 is 0 Å². The number of nitrogens with two attached hydrogens (primary N) is 1. The molecule has 0 radical (unpaired) electrons. The van der Waals surface area contributed by atoms with E-state index in [-0.39, 0.29) is 5.54 Å². The van der Waals surface area contributed by atoms with Crippen LogP contribution in [0.3, 0.4) is 0 Å². The Morgan fingerprint density at radius 3 is 2.82 bits per heavy atom. The van der Waals surface area contributed by atoms with Crippen LogP contribution in [0.4, 0.5) is 0 Å². The molecule has 3 aliphatic heterocycles. The second-order valence-corrected chi connectivity index (χ2v) is 7.35. The second-order valence-electron chi connectivity index (χ2n) is 7.35. The summed E-state index contributed by atoms with van der Waals surface area (Å²) in [5, 5.41) is 3.71. The fourth-order valence-corrected chi connectivity index (χ4v) is 5.53. The van der Waals surface area contributed by atoms with E-state index in [9.17, 15) is 4.79 Å². The molecular weight excluding hydrogens is 276 g/mol. The van der Waals surface area contributed by atoms with Crippen molar-refractivity contribution >= 4 is 12.1 Å². The standard InChI is InChI=1S/C17H20N4O/c18-16(22)14-9-21(7-1-2-13(21)8-19-14)15-11-3-5-12(6-4-11)17(15)10-20-17/h1-2,7-9,11-12,15,20H,3-6,10H2,(H-,18,22)/p+1/t11?,12?,15?,17-,21?/m0/s1. The van der Waals surface area contributed by atoms with E-state index in [0.717, 1.165) is 18.2 Å². The molecule has 1 spiro atoms. The number of carbonyl (C=O) groups excluding carboxylic acids is 1. The molecule has 5 heteroatoms. The minimum atomic E-state index is -0.438. The lowest BCUT2D eigenvalue weighted by atomic mass is 9.60. The fraction of sp³-hybridized carbons (Fsp3) is 0.529. The minimum Gasteiger partial charge on any atom is -0.364 e. The molecule has 114 valence electrons. The summed E-state index contributed by atoms with van der Waals surface area (Å²) in [6.45, 7) is 1.11. The number of hydrogen-bond donors (Lipinski definition) is 2. The Kier molecular flexibility index (Phi) is 2.31. The lowest BCUT2D eigenvalue weighted by molar-refractivity contribution is -0.820. The van der Waals surface area contributed by atoms with Crippen LogP contribution >= 0.6 is 0 Å². The first-order chi connectivity index (χ1) is 10.7. The van der Waals surface area contributed by atoms with Crippen molar-refractivity contribution in [2.24, 2.45) is 22.6 Å². The van der Waals surface area contributed by atoms with Gasteiger partial charge < -0.3 is 11.1 Å². The van der Waals surface area contributed by atoms with Crippen LogP contribution in [0.2, 0.25) is 0 Å². The number of fused-ring (bicyclic) bond motifs is 4. The molecule has 1 amide bonds. The van der Waals surface area contributed by atoms with E-state index in [2.05, 4.69) is 28.7 Å². The summed E-state index contributed by atoms with van der Waals surface area (Å²) in [4.78, 5) is 15.9. The van der Waals surface area contributed by atoms with E-state index < -0.39 is 5.91 Å². The number of aliphatic imine (C=N–C) groups is 1. The Morgan fingerprint density at radius 1 is 1.36 bits per heavy atom. The Bertz CT molecular complexity index is 677. The van der Waals surface area contributed by atoms with Crippen LogP contribution in [0.15, 0.2) is 40.9 Å². The Labute approximate surface area is 129 Å². The van der Waals surface area contributed by atoms with Gasteiger partial charge in [-0.1, -0.05) is 0 Å². The normalized spacial score (nSPS) is 47.4. The van der Waals surface area contributed by atoms with Crippen molar-refractivity contribution < 1.29 is 9.28 Å². The molecule has 3 saturated carbocycles. The first-order valence-electron chi connectivity index (χ1n) is 8.26. The van der Waals surface area contributed by atoms with Gasteiger partial charge in [-0.15, -0.1) is 0 Å². The van der Waals surface area contributed by atoms with Gasteiger partial charge in [-0.05, 0) is 37.7 Å². The van der Waals surface area contributed by atoms with Gasteiger partial charge in [0.1, 0.15) is 18.4 Å². The summed E-state index contributed by atoms with van der Waals surface area (Å²) >= 11 is 0. The molecule has 0 aromatic rings. The van der Waals surface area contributed by atoms with Crippen molar-refractivity contribution in [2.75, 3.05) is 6.54 Å². The number of rotatable bonds is 2. The zero-order valence-corrected chi connectivity index (χ0v) is 12.5. The second kappa shape index (κ2) is 3.97. The van der Waals surface area contributed by atoms with E-state index in [1.54, 1.807) is 0 Å². The van der Waals surface area contributed by atoms with Gasteiger partial charge in [0.15, 0.2) is 11.4 Å². The number of hydrogen-bond acceptors (Lipinski definition) is 3. The molecule has 3 N–H and O–H groups in total. The summed E-state index contributed by atoms with van der Waals surface area (Å²) in [5.74, 6) is 1.03. The highest BCUT2D eigenvalue weighted by Gasteiger charge is 2.69. The first-order valence-corrected chi connectivity index (χ1v) is 8.26. The van der Waals surface area contributed by atoms with Crippen LogP contribution in [-0.2, 0) is 4.79 Å². The zero-order valence-electron chi connectivity index (χ0n) is 12.5. The van der Waals surface area contributed by atoms with Crippen LogP contribution in [0.1, 0.15) is 25.7 Å². The van der Waals surface area contributed by atoms with Crippen molar-refractivity contribution in [3.05, 3.63) is 35.9 Å². The molecule has 6 rings (SSSR count). The fourth-order valence-electron chi connectivity index (χ4n) is 5.53. The van der Waals surface area contributed by atoms with Gasteiger partial charge in [-0.2, -0.15) is 0 Å². The first kappa shape index (κ1) is 12.8. The largest absolute Gasteiger partial charge is 0.364 e. The molecule has 2 unspecified atom stereocenters. The summed E-state index contributed by atoms with van der Waals surface area (Å²) < 4.78 is 0.635. The predicted octanol–water partition coefficient (Wildman–Crippen LogP) is 1.16. The predicted molar refractivity (Wildman–Crippen MR) is 83.2 cm³/mol. The zero-order chi connectivity index (χ0) is 14.9. The third-order valence-corrected chi connectivity index (χ3v) is 6.49. The van der Waals surface area contributed by atoms with Gasteiger partial charge in [0.05, 0.1) is 11.8 Å². The van der Waals surface area contributed by atoms with Crippen molar-refractivity contribution in [2.45, 2.75) is 37.3 Å². The maximum atomic E-state index is 11.7. The Morgan fingerprint density at radius 2 is 2.14 bits per heavy atom. The maximum Gasteiger partial charge on any atom is 0.272 e. The van der Waals surface area contributed by atoms with Crippen molar-refractivity contribution in [1.82, 2.24) is 5.32 Å². The number of quaternary nitrogens is 1. The van der Waals surface area contributed by atoms with E-state index >= 15 is 0 Å². The average molecular weight is 297 g/mol. The van der Waals surface area contributed by atoms with Crippen molar-refractivity contribution in [3.8, 4) is 0 Å². The summed E-state index contributed by atoms with van der Waals surface area (Å²) in [6.07, 6.45) is 15.6. The third-order valence-electron chi connectivity index (χ3n) is 6.49. The number of carbonyl (C=O) groups is 1. The van der Waals surface area contributed by atoms with Crippen LogP contribution < -0.4 is 11.1 Å². The summed E-state index contributed by atoms with van der Waals surface area (Å²) in [7, 11) is 0. The monoisotopic (exact) mass is 297 g/mol. The van der Waals surface area contributed by atoms with Gasteiger partial charge in [-0.3, -0.25) is 4.79 Å². The molecule has 2 bridgehead atoms. The highest BCUT2D eigenvalue weighted by Crippen LogP contribution is 2.57. The van der Waals surface area contributed by atoms with Crippen LogP contribution in [0.25, 0.3) is 0 Å². The molecule has 3 heterocycles. The topological polar surface area (TPSA) is 77.4 Å². The summed E-state index contributed by atoms with van der Waals surface area (Å²) in [5.41, 5.74) is 7.31. The van der Waals surface area contributed by atoms with Crippen molar-refractivity contribution in [3.63, 3.8) is 0 Å². The molecule has 3 aliphatic carbocycles. The van der Waals surface area contributed by atoms with E-state index in [4.69, 9.17) is 5.73 Å². The van der Waals surface area contributed by atoms with Gasteiger partial charge in [0, 0.05) is 18.5 Å². The Hall–Kier alpha value is -1.72. The Balaban J connectivity index is 1.66. The van der Waals surface area contributed by atoms with Gasteiger partial charge in [0.25, 0.3) is 5.91 Å². The molecule has 0 aromatic heterocycles. The minimum absolute atomic E-state index is 0.249. The van der Waals surface area contributed by atoms with E-state index in [1.165, 1.54) is 25.7 Å². The third kappa shape index (κ3) is 1.41. The molecule has 3 atom stereocenters. The van der Waals surface area contributed by atoms with E-state index in [0.29, 0.717) is 22.1 Å². The molecule has 5 nitrogen and oxygen atoms in total. The van der Waals surface area contributed by atoms with Crippen molar-refractivity contribution in [1.29, 1.82) is 0 Å². The summed E-state index contributed by atoms with van der Waals surface area (Å²) in [6, 6.07) is 0.464. The number of amides is 1. The quantitative estimate of drug-likeness (QED) is 0.592. The number of nitrogens with one attached hydrogen (secondary N) is 1.